The molecule has 0 aliphatic carbocycles. The van der Waals surface area contributed by atoms with Crippen LogP contribution in [0.25, 0.3) is 33.1 Å². The molecule has 0 unspecified atom stereocenters. The molecule has 3 saturated heterocycles. The van der Waals surface area contributed by atoms with Crippen LogP contribution in [0.3, 0.4) is 0 Å². The maximum absolute atomic E-state index is 14.3. The van der Waals surface area contributed by atoms with Crippen LogP contribution >= 0.6 is 0 Å². The Bertz CT molecular complexity index is 1580. The van der Waals surface area contributed by atoms with Crippen molar-refractivity contribution in [3.63, 3.8) is 0 Å². The summed E-state index contributed by atoms with van der Waals surface area (Å²) in [6.45, 7) is 6.51. The molecule has 0 radical (unpaired) electrons. The summed E-state index contributed by atoms with van der Waals surface area (Å²) in [6.07, 6.45) is 2.59. The van der Waals surface area contributed by atoms with Crippen LogP contribution in [0, 0.1) is 6.92 Å². The van der Waals surface area contributed by atoms with Gasteiger partial charge < -0.3 is 14.1 Å². The zero-order valence-electron chi connectivity index (χ0n) is 21.0. The van der Waals surface area contributed by atoms with Gasteiger partial charge in [-0.25, -0.2) is 9.18 Å². The lowest BCUT2D eigenvalue weighted by molar-refractivity contribution is 0.107. The van der Waals surface area contributed by atoms with Crippen molar-refractivity contribution in [1.82, 2.24) is 25.1 Å². The number of hydrogen-bond donors (Lipinski definition) is 1. The molecule has 3 aliphatic heterocycles. The van der Waals surface area contributed by atoms with Gasteiger partial charge in [0.15, 0.2) is 5.82 Å². The van der Waals surface area contributed by atoms with Crippen molar-refractivity contribution >= 4 is 27.6 Å². The predicted molar refractivity (Wildman–Crippen MR) is 138 cm³/mol. The number of fused-ring (bicyclic) bond motifs is 3. The van der Waals surface area contributed by atoms with Crippen LogP contribution in [0.4, 0.5) is 10.2 Å². The summed E-state index contributed by atoms with van der Waals surface area (Å²) in [5, 5.41) is 8.58. The average Bonchev–Trinajstić information content (AvgIpc) is 3.53. The Hall–Kier alpha value is -3.53. The lowest BCUT2D eigenvalue weighted by atomic mass is 9.95. The molecule has 192 valence electrons. The summed E-state index contributed by atoms with van der Waals surface area (Å²) in [7, 11) is 0. The van der Waals surface area contributed by atoms with Gasteiger partial charge in [-0.05, 0) is 45.7 Å². The lowest BCUT2D eigenvalue weighted by Crippen LogP contribution is -2.47. The first kappa shape index (κ1) is 22.7. The number of nitrogens with zero attached hydrogens (tertiary/aromatic N) is 5. The van der Waals surface area contributed by atoms with Crippen LogP contribution < -0.4 is 15.3 Å². The predicted octanol–water partition coefficient (Wildman–Crippen LogP) is 3.99. The number of rotatable bonds is 5. The molecular weight excluding hydrogens is 475 g/mol. The number of nitrogens with one attached hydrogen (secondary N) is 1. The summed E-state index contributed by atoms with van der Waals surface area (Å²) in [4.78, 5) is 27.0. The van der Waals surface area contributed by atoms with Crippen LogP contribution in [0.5, 0.6) is 6.01 Å². The Kier molecular flexibility index (Phi) is 5.04. The highest BCUT2D eigenvalue weighted by Gasteiger charge is 2.49. The zero-order chi connectivity index (χ0) is 25.3. The molecule has 0 spiro atoms. The number of H-pyrrole nitrogens is 1. The molecule has 1 N–H and O–H groups in total. The highest BCUT2D eigenvalue weighted by atomic mass is 19.1. The van der Waals surface area contributed by atoms with Crippen molar-refractivity contribution in [1.29, 1.82) is 0 Å². The van der Waals surface area contributed by atoms with Gasteiger partial charge in [0, 0.05) is 48.3 Å². The summed E-state index contributed by atoms with van der Waals surface area (Å²) in [5.41, 5.74) is 2.13. The Morgan fingerprint density at radius 3 is 2.95 bits per heavy atom. The summed E-state index contributed by atoms with van der Waals surface area (Å²) in [6, 6.07) is 7.95. The van der Waals surface area contributed by atoms with E-state index in [1.807, 2.05) is 25.1 Å². The maximum atomic E-state index is 14.3. The van der Waals surface area contributed by atoms with Gasteiger partial charge in [-0.1, -0.05) is 12.1 Å². The minimum atomic E-state index is -0.833. The fraction of sp³-hybridized carbons (Fsp3) is 0.481. The number of halogens is 1. The van der Waals surface area contributed by atoms with E-state index in [0.717, 1.165) is 54.5 Å². The van der Waals surface area contributed by atoms with E-state index in [1.54, 1.807) is 6.07 Å². The van der Waals surface area contributed by atoms with Crippen molar-refractivity contribution in [2.75, 3.05) is 31.1 Å². The first-order chi connectivity index (χ1) is 17.9. The molecule has 0 saturated carbocycles. The van der Waals surface area contributed by atoms with Crippen molar-refractivity contribution < 1.29 is 13.5 Å². The second-order valence-corrected chi connectivity index (χ2v) is 10.7. The third-order valence-corrected chi connectivity index (χ3v) is 8.42. The molecule has 3 aliphatic rings. The fourth-order valence-electron chi connectivity index (χ4n) is 6.37. The Morgan fingerprint density at radius 2 is 2.14 bits per heavy atom. The summed E-state index contributed by atoms with van der Waals surface area (Å²) < 4.78 is 26.3. The average molecular weight is 505 g/mol. The fourth-order valence-corrected chi connectivity index (χ4v) is 6.37. The zero-order valence-corrected chi connectivity index (χ0v) is 21.0. The van der Waals surface area contributed by atoms with Gasteiger partial charge in [-0.15, -0.1) is 0 Å². The van der Waals surface area contributed by atoms with E-state index < -0.39 is 11.8 Å². The van der Waals surface area contributed by atoms with Crippen LogP contribution in [0.15, 0.2) is 33.5 Å². The number of alkyl halides is 1. The number of aryl methyl sites for hydroxylation is 1. The van der Waals surface area contributed by atoms with Crippen LogP contribution in [-0.4, -0.2) is 69.1 Å². The number of hydrogen-bond acceptors (Lipinski definition) is 8. The normalized spacial score (nSPS) is 25.6. The molecule has 1 aromatic carbocycles. The van der Waals surface area contributed by atoms with Crippen molar-refractivity contribution in [2.45, 2.75) is 57.3 Å². The number of anilines is 1. The first-order valence-electron chi connectivity index (χ1n) is 13.0. The van der Waals surface area contributed by atoms with E-state index >= 15 is 0 Å². The van der Waals surface area contributed by atoms with Gasteiger partial charge >= 0.3 is 11.6 Å². The van der Waals surface area contributed by atoms with Gasteiger partial charge in [-0.2, -0.15) is 15.1 Å². The van der Waals surface area contributed by atoms with Crippen molar-refractivity contribution in [3.05, 3.63) is 40.4 Å². The molecule has 0 bridgehead atoms. The van der Waals surface area contributed by atoms with Gasteiger partial charge in [0.2, 0.25) is 0 Å². The Morgan fingerprint density at radius 1 is 1.24 bits per heavy atom. The number of ether oxygens (including phenoxy) is 1. The smallest absolute Gasteiger partial charge is 0.349 e. The lowest BCUT2D eigenvalue weighted by Gasteiger charge is -2.40. The maximum Gasteiger partial charge on any atom is 0.349 e. The third-order valence-electron chi connectivity index (χ3n) is 8.42. The minimum absolute atomic E-state index is 0.208. The molecule has 10 heteroatoms. The summed E-state index contributed by atoms with van der Waals surface area (Å²) in [5.74, 6) is 0.948. The quantitative estimate of drug-likeness (QED) is 0.436. The molecule has 7 rings (SSSR count). The topological polar surface area (TPSA) is 100 Å². The molecule has 4 aromatic rings. The molecule has 37 heavy (non-hydrogen) atoms. The van der Waals surface area contributed by atoms with Gasteiger partial charge in [0.05, 0.1) is 16.6 Å². The van der Waals surface area contributed by atoms with Crippen LogP contribution in [0.2, 0.25) is 0 Å². The second-order valence-electron chi connectivity index (χ2n) is 10.7. The van der Waals surface area contributed by atoms with E-state index in [1.165, 1.54) is 0 Å². The molecule has 3 aromatic heterocycles. The van der Waals surface area contributed by atoms with Crippen LogP contribution in [0.1, 0.15) is 38.3 Å². The highest BCUT2D eigenvalue weighted by molar-refractivity contribution is 5.97. The van der Waals surface area contributed by atoms with E-state index in [9.17, 15) is 9.18 Å². The number of benzene rings is 1. The Labute approximate surface area is 212 Å². The van der Waals surface area contributed by atoms with E-state index in [0.29, 0.717) is 42.1 Å². The van der Waals surface area contributed by atoms with E-state index in [-0.39, 0.29) is 17.6 Å². The Balaban J connectivity index is 1.34. The molecule has 0 amide bonds. The molecule has 3 atom stereocenters. The second kappa shape index (κ2) is 8.24. The SMILES string of the molecule is Cc1[nH]nc2cccc(-c3cc4nc(OC[C@@]56CCCN5C[C@H](F)C6)nc(N5CC[C@H]5C)c4c(=O)o3)c12. The van der Waals surface area contributed by atoms with E-state index in [2.05, 4.69) is 36.9 Å². The van der Waals surface area contributed by atoms with Gasteiger partial charge in [0.1, 0.15) is 23.9 Å². The number of aromatic nitrogens is 4. The van der Waals surface area contributed by atoms with Gasteiger partial charge in [-0.3, -0.25) is 10.00 Å². The van der Waals surface area contributed by atoms with Crippen molar-refractivity contribution in [2.24, 2.45) is 0 Å². The van der Waals surface area contributed by atoms with Crippen molar-refractivity contribution in [3.8, 4) is 17.3 Å². The largest absolute Gasteiger partial charge is 0.461 e. The summed E-state index contributed by atoms with van der Waals surface area (Å²) >= 11 is 0. The standard InChI is InChI=1S/C27H29FN6O3/c1-15-7-10-34(15)24-23-20(29-26(30-24)36-14-27-8-4-9-33(27)13-17(28)12-27)11-21(37-25(23)35)18-5-3-6-19-22(18)16(2)31-32-19/h3,5-6,11,15,17H,4,7-10,12-14H2,1-2H3,(H,31,32)/t15-,17-,27+/m1/s1. The molecule has 6 heterocycles. The van der Waals surface area contributed by atoms with Crippen LogP contribution in [-0.2, 0) is 0 Å². The minimum Gasteiger partial charge on any atom is -0.461 e. The number of aromatic amines is 1. The molecule has 9 nitrogen and oxygen atoms in total. The molecular formula is C27H29FN6O3. The molecule has 3 fully saturated rings. The highest BCUT2D eigenvalue weighted by Crippen LogP contribution is 2.41. The monoisotopic (exact) mass is 504 g/mol. The first-order valence-corrected chi connectivity index (χ1v) is 13.0. The van der Waals surface area contributed by atoms with E-state index in [4.69, 9.17) is 9.15 Å². The van der Waals surface area contributed by atoms with Gasteiger partial charge in [0.25, 0.3) is 0 Å². The third kappa shape index (κ3) is 3.53.